The maximum absolute atomic E-state index is 11.3. The van der Waals surface area contributed by atoms with Gasteiger partial charge in [0.25, 0.3) is 5.01 Å². The maximum atomic E-state index is 11.3. The molecule has 3 aromatic carbocycles. The molecule has 1 aliphatic heterocycles. The van der Waals surface area contributed by atoms with Gasteiger partial charge in [-0.25, -0.2) is 8.42 Å². The zero-order valence-corrected chi connectivity index (χ0v) is 24.1. The van der Waals surface area contributed by atoms with Crippen LogP contribution < -0.4 is 14.0 Å². The van der Waals surface area contributed by atoms with Gasteiger partial charge in [-0.2, -0.15) is 4.57 Å². The summed E-state index contributed by atoms with van der Waals surface area (Å²) in [6, 6.07) is 20.0. The van der Waals surface area contributed by atoms with E-state index in [0.717, 1.165) is 26.4 Å². The minimum absolute atomic E-state index is 0.236. The molecule has 1 aromatic heterocycles. The molecule has 1 N–H and O–H groups in total. The molecule has 4 aromatic rings. The first-order chi connectivity index (χ1) is 20.0. The molecule has 0 saturated heterocycles. The maximum Gasteiger partial charge on any atom is 0.263 e. The van der Waals surface area contributed by atoms with Gasteiger partial charge >= 0.3 is 0 Å². The Balaban J connectivity index is 1.38. The van der Waals surface area contributed by atoms with Gasteiger partial charge in [0.05, 0.1) is 18.1 Å². The van der Waals surface area contributed by atoms with Crippen LogP contribution in [0.3, 0.4) is 0 Å². The van der Waals surface area contributed by atoms with Gasteiger partial charge in [-0.1, -0.05) is 41.7 Å². The highest BCUT2D eigenvalue weighted by Crippen LogP contribution is 2.30. The molecule has 0 unspecified atom stereocenters. The first-order valence-electron chi connectivity index (χ1n) is 13.3. The smallest absolute Gasteiger partial charge is 0.263 e. The number of aromatic nitrogens is 1. The molecule has 41 heavy (non-hydrogen) atoms. The number of rotatable bonds is 5. The summed E-state index contributed by atoms with van der Waals surface area (Å²) in [5.74, 6) is 1.28. The predicted molar refractivity (Wildman–Crippen MR) is 155 cm³/mol. The predicted octanol–water partition coefficient (Wildman–Crippen LogP) is 3.64. The minimum atomic E-state index is -4.49. The summed E-state index contributed by atoms with van der Waals surface area (Å²) in [4.78, 5) is -0.236. The Morgan fingerprint density at radius 2 is 1.54 bits per heavy atom. The molecule has 0 radical (unpaired) electrons. The van der Waals surface area contributed by atoms with Crippen molar-refractivity contribution in [3.8, 4) is 11.5 Å². The molecule has 0 fully saturated rings. The van der Waals surface area contributed by atoms with Gasteiger partial charge in [0.2, 0.25) is 5.52 Å². The summed E-state index contributed by atoms with van der Waals surface area (Å²) in [6.07, 6.45) is 4.07. The van der Waals surface area contributed by atoms with Crippen LogP contribution >= 0.6 is 11.3 Å². The SMILES string of the molecule is O=S(=O)([O-])c1ccc(C[n+]2c(/C=C/c3ccc4c(c3)OCCOCC[OH+]CCOCCO4)sc3ccccc32)cc1. The highest BCUT2D eigenvalue weighted by Gasteiger charge is 2.19. The molecule has 11 heteroatoms. The second-order valence-corrected chi connectivity index (χ2v) is 11.7. The Bertz CT molecular complexity index is 1580. The van der Waals surface area contributed by atoms with Crippen molar-refractivity contribution < 1.29 is 41.2 Å². The number of thiazole rings is 1. The van der Waals surface area contributed by atoms with Crippen LogP contribution in [0, 0.1) is 0 Å². The second-order valence-electron chi connectivity index (χ2n) is 9.22. The highest BCUT2D eigenvalue weighted by molar-refractivity contribution is 7.85. The van der Waals surface area contributed by atoms with Crippen molar-refractivity contribution in [3.63, 3.8) is 0 Å². The van der Waals surface area contributed by atoms with Gasteiger partial charge in [-0.3, -0.25) is 0 Å². The lowest BCUT2D eigenvalue weighted by Gasteiger charge is -2.13. The number of fused-ring (bicyclic) bond motifs is 2. The van der Waals surface area contributed by atoms with E-state index in [9.17, 15) is 13.0 Å². The lowest BCUT2D eigenvalue weighted by atomic mass is 10.2. The molecular formula is C30H32NO8S2+. The van der Waals surface area contributed by atoms with E-state index in [1.54, 1.807) is 23.5 Å². The Morgan fingerprint density at radius 1 is 0.829 bits per heavy atom. The molecule has 216 valence electrons. The first-order valence-corrected chi connectivity index (χ1v) is 15.5. The van der Waals surface area contributed by atoms with E-state index in [4.69, 9.17) is 18.9 Å². The summed E-state index contributed by atoms with van der Waals surface area (Å²) in [5, 5.41) is 1.01. The van der Waals surface area contributed by atoms with Crippen LogP contribution in [-0.2, 0) is 26.1 Å². The van der Waals surface area contributed by atoms with E-state index >= 15 is 0 Å². The number of ether oxygens (including phenoxy) is 5. The number of hydrogen-bond acceptors (Lipinski definition) is 8. The van der Waals surface area contributed by atoms with E-state index < -0.39 is 10.1 Å². The van der Waals surface area contributed by atoms with Crippen molar-refractivity contribution in [2.24, 2.45) is 0 Å². The standard InChI is InChI=1S/C30H31NO8S2/c32-41(33,34)25-9-5-24(6-10-25)22-31-26-3-1-2-4-29(26)40-30(31)12-8-23-7-11-27-28(21-23)39-20-18-37-16-14-35-13-15-36-17-19-38-27/h1-12,21H,13-20,22H2/p+1/b12-8+. The van der Waals surface area contributed by atoms with Crippen LogP contribution in [0.15, 0.2) is 71.6 Å². The van der Waals surface area contributed by atoms with E-state index in [1.165, 1.54) is 12.1 Å². The number of aliphatic hydroxyl groups is 2. The Kier molecular flexibility index (Phi) is 9.99. The van der Waals surface area contributed by atoms with Gasteiger partial charge in [0, 0.05) is 17.7 Å². The lowest BCUT2D eigenvalue weighted by Crippen LogP contribution is -2.35. The van der Waals surface area contributed by atoms with Crippen molar-refractivity contribution in [2.45, 2.75) is 11.4 Å². The van der Waals surface area contributed by atoms with Crippen molar-refractivity contribution >= 4 is 43.8 Å². The molecule has 0 saturated carbocycles. The number of benzene rings is 3. The molecule has 0 amide bonds. The summed E-state index contributed by atoms with van der Waals surface area (Å²) in [6.45, 7) is 4.62. The Morgan fingerprint density at radius 3 is 2.27 bits per heavy atom. The summed E-state index contributed by atoms with van der Waals surface area (Å²) in [5.41, 5.74) is 2.88. The van der Waals surface area contributed by atoms with Crippen LogP contribution in [0.25, 0.3) is 22.4 Å². The number of nitrogens with zero attached hydrogens (tertiary/aromatic N) is 1. The van der Waals surface area contributed by atoms with Crippen molar-refractivity contribution in [1.82, 2.24) is 0 Å². The summed E-state index contributed by atoms with van der Waals surface area (Å²) in [7, 11) is -4.49. The fraction of sp³-hybridized carbons (Fsp3) is 0.300. The third-order valence-electron chi connectivity index (χ3n) is 6.33. The van der Waals surface area contributed by atoms with Crippen LogP contribution in [0.1, 0.15) is 16.1 Å². The lowest BCUT2D eigenvalue weighted by molar-refractivity contribution is -0.659. The van der Waals surface area contributed by atoms with Gasteiger partial charge in [0.15, 0.2) is 31.3 Å². The Hall–Kier alpha value is -3.32. The average molecular weight is 599 g/mol. The Labute approximate surface area is 243 Å². The summed E-state index contributed by atoms with van der Waals surface area (Å²) < 4.78 is 64.8. The monoisotopic (exact) mass is 598 g/mol. The molecule has 0 bridgehead atoms. The molecule has 0 aliphatic carbocycles. The molecular weight excluding hydrogens is 566 g/mol. The normalized spacial score (nSPS) is 15.9. The largest absolute Gasteiger partial charge is 0.744 e. The van der Waals surface area contributed by atoms with Crippen LogP contribution in [0.4, 0.5) is 0 Å². The van der Waals surface area contributed by atoms with Crippen molar-refractivity contribution in [1.29, 1.82) is 0 Å². The molecule has 2 heterocycles. The fourth-order valence-electron chi connectivity index (χ4n) is 4.31. The first kappa shape index (κ1) is 29.2. The van der Waals surface area contributed by atoms with Gasteiger partial charge in [-0.05, 0) is 42.0 Å². The van der Waals surface area contributed by atoms with E-state index in [2.05, 4.69) is 27.5 Å². The number of para-hydroxylation sites is 1. The minimum Gasteiger partial charge on any atom is -0.744 e. The second kappa shape index (κ2) is 14.0. The third-order valence-corrected chi connectivity index (χ3v) is 8.31. The number of hydrogen-bond donors (Lipinski definition) is 0. The molecule has 9 nitrogen and oxygen atoms in total. The van der Waals surface area contributed by atoms with Crippen LogP contribution in [-0.4, -0.2) is 70.6 Å². The molecule has 5 rings (SSSR count). The zero-order chi connectivity index (χ0) is 28.5. The fourth-order valence-corrected chi connectivity index (χ4v) is 5.84. The molecule has 1 aliphatic rings. The quantitative estimate of drug-likeness (QED) is 0.196. The average Bonchev–Trinajstić information content (AvgIpc) is 3.31. The van der Waals surface area contributed by atoms with Gasteiger partial charge < -0.3 is 28.2 Å². The molecule has 0 spiro atoms. The van der Waals surface area contributed by atoms with E-state index in [0.29, 0.717) is 70.9 Å². The van der Waals surface area contributed by atoms with Gasteiger partial charge in [-0.15, -0.1) is 0 Å². The van der Waals surface area contributed by atoms with Crippen molar-refractivity contribution in [2.75, 3.05) is 52.9 Å². The van der Waals surface area contributed by atoms with Gasteiger partial charge in [0.1, 0.15) is 41.2 Å². The summed E-state index contributed by atoms with van der Waals surface area (Å²) >= 11 is 1.66. The highest BCUT2D eigenvalue weighted by atomic mass is 32.2. The van der Waals surface area contributed by atoms with E-state index in [1.807, 2.05) is 36.4 Å². The van der Waals surface area contributed by atoms with Crippen LogP contribution in [0.5, 0.6) is 11.5 Å². The molecule has 0 atom stereocenters. The zero-order valence-electron chi connectivity index (χ0n) is 22.4. The third kappa shape index (κ3) is 8.13. The van der Waals surface area contributed by atoms with E-state index in [-0.39, 0.29) is 4.90 Å². The van der Waals surface area contributed by atoms with Crippen molar-refractivity contribution in [3.05, 3.63) is 82.9 Å². The topological polar surface area (TPSA) is 111 Å². The van der Waals surface area contributed by atoms with Crippen LogP contribution in [0.2, 0.25) is 0 Å².